The Morgan fingerprint density at radius 3 is 3.06 bits per heavy atom. The molecule has 2 rings (SSSR count). The zero-order valence-electron chi connectivity index (χ0n) is 9.39. The van der Waals surface area contributed by atoms with Gasteiger partial charge in [-0.25, -0.2) is 0 Å². The summed E-state index contributed by atoms with van der Waals surface area (Å²) in [5, 5.41) is 2.07. The van der Waals surface area contributed by atoms with Gasteiger partial charge in [0.2, 0.25) is 0 Å². The van der Waals surface area contributed by atoms with E-state index in [4.69, 9.17) is 9.47 Å². The highest BCUT2D eigenvalue weighted by Gasteiger charge is 2.19. The summed E-state index contributed by atoms with van der Waals surface area (Å²) >= 11 is 2.81. The van der Waals surface area contributed by atoms with Crippen LogP contribution in [0.1, 0.15) is 23.7 Å². The first kappa shape index (κ1) is 12.7. The van der Waals surface area contributed by atoms with E-state index in [9.17, 15) is 4.79 Å². The number of thioether (sulfide) groups is 1. The quantitative estimate of drug-likeness (QED) is 0.772. The third-order valence-electron chi connectivity index (χ3n) is 2.05. The SMILES string of the molecule is CC(=O)SCC#Cc1csc(C2OCCO2)c1. The van der Waals surface area contributed by atoms with Gasteiger partial charge in [0, 0.05) is 17.9 Å². The Kier molecular flexibility index (Phi) is 4.63. The normalized spacial score (nSPS) is 15.6. The second-order valence-electron chi connectivity index (χ2n) is 3.39. The van der Waals surface area contributed by atoms with Gasteiger partial charge >= 0.3 is 0 Å². The van der Waals surface area contributed by atoms with E-state index in [2.05, 4.69) is 11.8 Å². The van der Waals surface area contributed by atoms with E-state index in [0.29, 0.717) is 19.0 Å². The molecule has 0 spiro atoms. The van der Waals surface area contributed by atoms with Crippen molar-refractivity contribution >= 4 is 28.2 Å². The zero-order chi connectivity index (χ0) is 12.1. The summed E-state index contributed by atoms with van der Waals surface area (Å²) in [5.41, 5.74) is 0.952. The third kappa shape index (κ3) is 3.86. The number of carbonyl (C=O) groups excluding carboxylic acids is 1. The lowest BCUT2D eigenvalue weighted by molar-refractivity contribution is -0.109. The van der Waals surface area contributed by atoms with E-state index in [1.165, 1.54) is 11.8 Å². The van der Waals surface area contributed by atoms with Crippen LogP contribution >= 0.6 is 23.1 Å². The van der Waals surface area contributed by atoms with Crippen LogP contribution in [0.3, 0.4) is 0 Å². The molecule has 0 saturated carbocycles. The summed E-state index contributed by atoms with van der Waals surface area (Å²) in [7, 11) is 0. The van der Waals surface area contributed by atoms with Crippen LogP contribution in [0, 0.1) is 11.8 Å². The van der Waals surface area contributed by atoms with E-state index in [-0.39, 0.29) is 11.4 Å². The Morgan fingerprint density at radius 2 is 2.35 bits per heavy atom. The van der Waals surface area contributed by atoms with Crippen LogP contribution in [-0.2, 0) is 14.3 Å². The molecule has 0 atom stereocenters. The number of ether oxygens (including phenoxy) is 2. The average Bonchev–Trinajstić information content (AvgIpc) is 2.94. The second-order valence-corrected chi connectivity index (χ2v) is 5.49. The molecule has 1 saturated heterocycles. The molecule has 1 aliphatic rings. The Labute approximate surface area is 108 Å². The van der Waals surface area contributed by atoms with Crippen LogP contribution in [0.4, 0.5) is 0 Å². The first-order valence-electron chi connectivity index (χ1n) is 5.19. The van der Waals surface area contributed by atoms with Crippen molar-refractivity contribution in [2.75, 3.05) is 19.0 Å². The van der Waals surface area contributed by atoms with E-state index >= 15 is 0 Å². The van der Waals surface area contributed by atoms with Crippen molar-refractivity contribution in [1.29, 1.82) is 0 Å². The van der Waals surface area contributed by atoms with Crippen molar-refractivity contribution in [3.05, 3.63) is 21.9 Å². The number of hydrogen-bond acceptors (Lipinski definition) is 5. The summed E-state index contributed by atoms with van der Waals surface area (Å²) in [5.74, 6) is 6.51. The highest BCUT2D eigenvalue weighted by Crippen LogP contribution is 2.28. The number of thiophene rings is 1. The Balaban J connectivity index is 1.91. The van der Waals surface area contributed by atoms with Gasteiger partial charge in [-0.1, -0.05) is 23.6 Å². The molecule has 1 fully saturated rings. The summed E-state index contributed by atoms with van der Waals surface area (Å²) in [4.78, 5) is 11.7. The van der Waals surface area contributed by atoms with E-state index in [0.717, 1.165) is 10.4 Å². The zero-order valence-corrected chi connectivity index (χ0v) is 11.0. The fourth-order valence-electron chi connectivity index (χ4n) is 1.34. The lowest BCUT2D eigenvalue weighted by Crippen LogP contribution is -1.93. The fourth-order valence-corrected chi connectivity index (χ4v) is 2.52. The largest absolute Gasteiger partial charge is 0.345 e. The fraction of sp³-hybridized carbons (Fsp3) is 0.417. The second kappa shape index (κ2) is 6.22. The monoisotopic (exact) mass is 268 g/mol. The molecule has 0 radical (unpaired) electrons. The van der Waals surface area contributed by atoms with Crippen LogP contribution in [0.5, 0.6) is 0 Å². The highest BCUT2D eigenvalue weighted by molar-refractivity contribution is 8.13. The maximum atomic E-state index is 10.7. The van der Waals surface area contributed by atoms with Gasteiger partial charge in [-0.2, -0.15) is 0 Å². The minimum Gasteiger partial charge on any atom is -0.345 e. The first-order valence-corrected chi connectivity index (χ1v) is 7.06. The highest BCUT2D eigenvalue weighted by atomic mass is 32.2. The predicted octanol–water partition coefficient (Wildman–Crippen LogP) is 2.42. The first-order chi connectivity index (χ1) is 8.25. The molecular weight excluding hydrogens is 256 g/mol. The third-order valence-corrected chi connectivity index (χ3v) is 3.70. The van der Waals surface area contributed by atoms with Crippen LogP contribution < -0.4 is 0 Å². The number of hydrogen-bond donors (Lipinski definition) is 0. The minimum atomic E-state index is -0.220. The molecule has 0 aromatic carbocycles. The van der Waals surface area contributed by atoms with Gasteiger partial charge < -0.3 is 9.47 Å². The molecule has 3 nitrogen and oxygen atoms in total. The Hall–Kier alpha value is -0.800. The Bertz CT molecular complexity index is 450. The number of rotatable bonds is 2. The van der Waals surface area contributed by atoms with Crippen molar-refractivity contribution in [2.24, 2.45) is 0 Å². The van der Waals surface area contributed by atoms with Gasteiger partial charge in [-0.15, -0.1) is 11.3 Å². The van der Waals surface area contributed by atoms with Crippen molar-refractivity contribution in [3.8, 4) is 11.8 Å². The molecule has 1 aromatic rings. The van der Waals surface area contributed by atoms with Crippen molar-refractivity contribution in [3.63, 3.8) is 0 Å². The summed E-state index contributed by atoms with van der Waals surface area (Å²) in [6.07, 6.45) is -0.220. The van der Waals surface area contributed by atoms with Gasteiger partial charge in [0.15, 0.2) is 11.4 Å². The molecule has 0 bridgehead atoms. The lowest BCUT2D eigenvalue weighted by atomic mass is 10.3. The van der Waals surface area contributed by atoms with Crippen molar-refractivity contribution in [2.45, 2.75) is 13.2 Å². The maximum Gasteiger partial charge on any atom is 0.193 e. The Morgan fingerprint density at radius 1 is 1.59 bits per heavy atom. The molecule has 90 valence electrons. The summed E-state index contributed by atoms with van der Waals surface area (Å²) < 4.78 is 10.8. The standard InChI is InChI=1S/C12H12O3S2/c1-9(13)16-6-2-3-10-7-11(17-8-10)12-14-4-5-15-12/h7-8,12H,4-6H2,1H3. The number of carbonyl (C=O) groups is 1. The molecule has 1 aliphatic heterocycles. The maximum absolute atomic E-state index is 10.7. The molecular formula is C12H12O3S2. The molecule has 2 heterocycles. The average molecular weight is 268 g/mol. The minimum absolute atomic E-state index is 0.0954. The topological polar surface area (TPSA) is 35.5 Å². The van der Waals surface area contributed by atoms with Gasteiger partial charge in [-0.3, -0.25) is 4.79 Å². The molecule has 0 amide bonds. The molecule has 17 heavy (non-hydrogen) atoms. The van der Waals surface area contributed by atoms with E-state index < -0.39 is 0 Å². The molecule has 0 N–H and O–H groups in total. The molecule has 0 unspecified atom stereocenters. The van der Waals surface area contributed by atoms with Gasteiger partial charge in [-0.05, 0) is 6.07 Å². The van der Waals surface area contributed by atoms with Crippen LogP contribution in [0.15, 0.2) is 11.4 Å². The van der Waals surface area contributed by atoms with Crippen molar-refractivity contribution < 1.29 is 14.3 Å². The van der Waals surface area contributed by atoms with Gasteiger partial charge in [0.25, 0.3) is 0 Å². The van der Waals surface area contributed by atoms with E-state index in [1.807, 2.05) is 11.4 Å². The van der Waals surface area contributed by atoms with Gasteiger partial charge in [0.1, 0.15) is 0 Å². The molecule has 0 aliphatic carbocycles. The summed E-state index contributed by atoms with van der Waals surface area (Å²) in [6.45, 7) is 2.85. The predicted molar refractivity (Wildman–Crippen MR) is 69.0 cm³/mol. The summed E-state index contributed by atoms with van der Waals surface area (Å²) in [6, 6.07) is 1.98. The molecule has 5 heteroatoms. The van der Waals surface area contributed by atoms with Crippen LogP contribution in [-0.4, -0.2) is 24.1 Å². The molecule has 1 aromatic heterocycles. The van der Waals surface area contributed by atoms with Crippen molar-refractivity contribution in [1.82, 2.24) is 0 Å². The smallest absolute Gasteiger partial charge is 0.193 e. The lowest BCUT2D eigenvalue weighted by Gasteiger charge is -2.03. The van der Waals surface area contributed by atoms with Crippen LogP contribution in [0.2, 0.25) is 0 Å². The van der Waals surface area contributed by atoms with Crippen LogP contribution in [0.25, 0.3) is 0 Å². The van der Waals surface area contributed by atoms with E-state index in [1.54, 1.807) is 18.3 Å². The van der Waals surface area contributed by atoms with Gasteiger partial charge in [0.05, 0.1) is 23.8 Å².